The second kappa shape index (κ2) is 8.89. The van der Waals surface area contributed by atoms with Crippen LogP contribution in [-0.4, -0.2) is 41.8 Å². The summed E-state index contributed by atoms with van der Waals surface area (Å²) in [7, 11) is 1.83. The molecule has 0 saturated carbocycles. The summed E-state index contributed by atoms with van der Waals surface area (Å²) in [5, 5.41) is 0.690. The molecule has 6 heteroatoms. The van der Waals surface area contributed by atoms with E-state index >= 15 is 0 Å². The lowest BCUT2D eigenvalue weighted by Crippen LogP contribution is -2.43. The first-order valence-corrected chi connectivity index (χ1v) is 10.2. The number of rotatable bonds is 4. The molecule has 1 fully saturated rings. The molecule has 1 heterocycles. The van der Waals surface area contributed by atoms with Crippen molar-refractivity contribution in [3.63, 3.8) is 0 Å². The van der Waals surface area contributed by atoms with Gasteiger partial charge in [-0.25, -0.2) is 0 Å². The molecule has 2 amide bonds. The number of nitrogens with zero attached hydrogens (tertiary/aromatic N) is 2. The van der Waals surface area contributed by atoms with Gasteiger partial charge in [-0.05, 0) is 54.8 Å². The molecule has 2 aromatic rings. The van der Waals surface area contributed by atoms with Gasteiger partial charge >= 0.3 is 0 Å². The van der Waals surface area contributed by atoms with E-state index in [0.717, 1.165) is 10.0 Å². The Labute approximate surface area is 173 Å². The SMILES string of the molecule is CN(Cc1ccc(Cl)cc1)C(=O)C1CCN(C(=O)c2ccc(Br)cc2)CC1. The average molecular weight is 450 g/mol. The van der Waals surface area contributed by atoms with Crippen molar-refractivity contribution in [1.82, 2.24) is 9.80 Å². The number of amides is 2. The molecule has 0 bridgehead atoms. The van der Waals surface area contributed by atoms with Crippen LogP contribution in [0.5, 0.6) is 0 Å². The second-order valence-corrected chi connectivity index (χ2v) is 8.25. The third kappa shape index (κ3) is 5.11. The molecular weight excluding hydrogens is 428 g/mol. The standard InChI is InChI=1S/C21H22BrClN2O2/c1-24(14-15-2-8-19(23)9-3-15)20(26)17-10-12-25(13-11-17)21(27)16-4-6-18(22)7-5-16/h2-9,17H,10-14H2,1H3. The van der Waals surface area contributed by atoms with Crippen molar-refractivity contribution in [2.24, 2.45) is 5.92 Å². The Morgan fingerprint density at radius 3 is 2.26 bits per heavy atom. The van der Waals surface area contributed by atoms with Crippen LogP contribution < -0.4 is 0 Å². The van der Waals surface area contributed by atoms with Crippen LogP contribution in [-0.2, 0) is 11.3 Å². The van der Waals surface area contributed by atoms with Crippen molar-refractivity contribution in [2.75, 3.05) is 20.1 Å². The molecule has 1 saturated heterocycles. The van der Waals surface area contributed by atoms with Gasteiger partial charge in [-0.2, -0.15) is 0 Å². The molecule has 142 valence electrons. The molecule has 0 N–H and O–H groups in total. The normalized spacial score (nSPS) is 14.9. The number of carbonyl (C=O) groups is 2. The molecule has 0 spiro atoms. The summed E-state index contributed by atoms with van der Waals surface area (Å²) in [5.41, 5.74) is 1.74. The molecule has 0 aromatic heterocycles. The molecule has 3 rings (SSSR count). The predicted octanol–water partition coefficient (Wildman–Crippen LogP) is 4.61. The van der Waals surface area contributed by atoms with Gasteiger partial charge in [0.05, 0.1) is 0 Å². The molecule has 0 atom stereocenters. The summed E-state index contributed by atoms with van der Waals surface area (Å²) in [4.78, 5) is 28.9. The highest BCUT2D eigenvalue weighted by Crippen LogP contribution is 2.22. The molecule has 27 heavy (non-hydrogen) atoms. The van der Waals surface area contributed by atoms with E-state index in [0.29, 0.717) is 43.1 Å². The summed E-state index contributed by atoms with van der Waals surface area (Å²) in [6.07, 6.45) is 1.40. The second-order valence-electron chi connectivity index (χ2n) is 6.89. The van der Waals surface area contributed by atoms with Gasteiger partial charge in [-0.1, -0.05) is 39.7 Å². The van der Waals surface area contributed by atoms with Gasteiger partial charge in [0.15, 0.2) is 0 Å². The maximum atomic E-state index is 12.7. The number of hydrogen-bond donors (Lipinski definition) is 0. The first-order chi connectivity index (χ1) is 12.9. The molecule has 1 aliphatic rings. The minimum absolute atomic E-state index is 0.0305. The highest BCUT2D eigenvalue weighted by atomic mass is 79.9. The number of likely N-dealkylation sites (tertiary alicyclic amines) is 1. The maximum absolute atomic E-state index is 12.7. The quantitative estimate of drug-likeness (QED) is 0.684. The first kappa shape index (κ1) is 19.9. The number of carbonyl (C=O) groups excluding carboxylic acids is 2. The van der Waals surface area contributed by atoms with Crippen LogP contribution in [0.2, 0.25) is 5.02 Å². The molecule has 1 aliphatic heterocycles. The van der Waals surface area contributed by atoms with Crippen molar-refractivity contribution < 1.29 is 9.59 Å². The summed E-state index contributed by atoms with van der Waals surface area (Å²) in [6, 6.07) is 14.9. The van der Waals surface area contributed by atoms with Crippen molar-refractivity contribution >= 4 is 39.3 Å². The van der Waals surface area contributed by atoms with Crippen LogP contribution in [0.4, 0.5) is 0 Å². The molecule has 0 unspecified atom stereocenters. The Kier molecular flexibility index (Phi) is 6.55. The predicted molar refractivity (Wildman–Crippen MR) is 111 cm³/mol. The van der Waals surface area contributed by atoms with Gasteiger partial charge in [0.1, 0.15) is 0 Å². The van der Waals surface area contributed by atoms with E-state index in [2.05, 4.69) is 15.9 Å². The smallest absolute Gasteiger partial charge is 0.253 e. The number of piperidine rings is 1. The number of halogens is 2. The Balaban J connectivity index is 1.53. The molecule has 4 nitrogen and oxygen atoms in total. The van der Waals surface area contributed by atoms with Gasteiger partial charge in [-0.15, -0.1) is 0 Å². The van der Waals surface area contributed by atoms with Crippen LogP contribution in [0.1, 0.15) is 28.8 Å². The fraction of sp³-hybridized carbons (Fsp3) is 0.333. The van der Waals surface area contributed by atoms with Gasteiger partial charge in [0, 0.05) is 47.7 Å². The van der Waals surface area contributed by atoms with E-state index in [1.807, 2.05) is 60.5 Å². The van der Waals surface area contributed by atoms with Crippen LogP contribution in [0.3, 0.4) is 0 Å². The zero-order valence-electron chi connectivity index (χ0n) is 15.2. The molecule has 0 aliphatic carbocycles. The third-order valence-electron chi connectivity index (χ3n) is 4.93. The highest BCUT2D eigenvalue weighted by Gasteiger charge is 2.29. The summed E-state index contributed by atoms with van der Waals surface area (Å²) < 4.78 is 0.951. The first-order valence-electron chi connectivity index (χ1n) is 8.98. The van der Waals surface area contributed by atoms with Crippen molar-refractivity contribution in [1.29, 1.82) is 0 Å². The van der Waals surface area contributed by atoms with Crippen molar-refractivity contribution in [3.05, 3.63) is 69.2 Å². The molecule has 0 radical (unpaired) electrons. The van der Waals surface area contributed by atoms with Gasteiger partial charge in [0.25, 0.3) is 5.91 Å². The largest absolute Gasteiger partial charge is 0.341 e. The van der Waals surface area contributed by atoms with Crippen molar-refractivity contribution in [2.45, 2.75) is 19.4 Å². The van der Waals surface area contributed by atoms with Gasteiger partial charge in [0.2, 0.25) is 5.91 Å². The van der Waals surface area contributed by atoms with E-state index in [4.69, 9.17) is 11.6 Å². The summed E-state index contributed by atoms with van der Waals surface area (Å²) >= 11 is 9.29. The lowest BCUT2D eigenvalue weighted by Gasteiger charge is -2.33. The lowest BCUT2D eigenvalue weighted by atomic mass is 9.94. The van der Waals surface area contributed by atoms with Crippen LogP contribution in [0, 0.1) is 5.92 Å². The van der Waals surface area contributed by atoms with E-state index < -0.39 is 0 Å². The summed E-state index contributed by atoms with van der Waals surface area (Å²) in [6.45, 7) is 1.79. The van der Waals surface area contributed by atoms with E-state index in [9.17, 15) is 9.59 Å². The lowest BCUT2D eigenvalue weighted by molar-refractivity contribution is -0.136. The van der Waals surface area contributed by atoms with Crippen molar-refractivity contribution in [3.8, 4) is 0 Å². The fourth-order valence-corrected chi connectivity index (χ4v) is 3.75. The van der Waals surface area contributed by atoms with Crippen LogP contribution in [0.25, 0.3) is 0 Å². The topological polar surface area (TPSA) is 40.6 Å². The third-order valence-corrected chi connectivity index (χ3v) is 5.71. The Hall–Kier alpha value is -1.85. The number of benzene rings is 2. The average Bonchev–Trinajstić information content (AvgIpc) is 2.69. The molecule has 2 aromatic carbocycles. The van der Waals surface area contributed by atoms with E-state index in [1.165, 1.54) is 0 Å². The Morgan fingerprint density at radius 1 is 1.07 bits per heavy atom. The fourth-order valence-electron chi connectivity index (χ4n) is 3.36. The number of hydrogen-bond acceptors (Lipinski definition) is 2. The van der Waals surface area contributed by atoms with Crippen LogP contribution >= 0.6 is 27.5 Å². The Morgan fingerprint density at radius 2 is 1.67 bits per heavy atom. The zero-order chi connectivity index (χ0) is 19.4. The summed E-state index contributed by atoms with van der Waals surface area (Å²) in [5.74, 6) is 0.139. The maximum Gasteiger partial charge on any atom is 0.253 e. The molecular formula is C21H22BrClN2O2. The highest BCUT2D eigenvalue weighted by molar-refractivity contribution is 9.10. The van der Waals surface area contributed by atoms with Gasteiger partial charge < -0.3 is 9.80 Å². The van der Waals surface area contributed by atoms with Crippen LogP contribution in [0.15, 0.2) is 53.0 Å². The van der Waals surface area contributed by atoms with E-state index in [1.54, 1.807) is 4.90 Å². The Bertz CT molecular complexity index is 800. The zero-order valence-corrected chi connectivity index (χ0v) is 17.5. The van der Waals surface area contributed by atoms with Gasteiger partial charge in [-0.3, -0.25) is 9.59 Å². The monoisotopic (exact) mass is 448 g/mol. The van der Waals surface area contributed by atoms with E-state index in [-0.39, 0.29) is 17.7 Å². The minimum atomic E-state index is -0.0312. The minimum Gasteiger partial charge on any atom is -0.341 e.